The fourth-order valence-corrected chi connectivity index (χ4v) is 2.35. The van der Waals surface area contributed by atoms with Crippen molar-refractivity contribution in [3.8, 4) is 0 Å². The maximum atomic E-state index is 11.7. The molecule has 0 bridgehead atoms. The van der Waals surface area contributed by atoms with Crippen LogP contribution in [-0.2, 0) is 16.1 Å². The van der Waals surface area contributed by atoms with Crippen LogP contribution in [0.1, 0.15) is 10.4 Å². The van der Waals surface area contributed by atoms with Crippen molar-refractivity contribution >= 4 is 40.1 Å². The van der Waals surface area contributed by atoms with Crippen LogP contribution in [0.2, 0.25) is 0 Å². The lowest BCUT2D eigenvalue weighted by Gasteiger charge is -2.07. The van der Waals surface area contributed by atoms with Crippen LogP contribution >= 0.6 is 23.6 Å². The zero-order valence-corrected chi connectivity index (χ0v) is 12.3. The molecule has 1 heterocycles. The Bertz CT molecular complexity index is 597. The Balaban J connectivity index is 1.82. The molecule has 0 saturated heterocycles. The van der Waals surface area contributed by atoms with E-state index in [1.165, 1.54) is 0 Å². The van der Waals surface area contributed by atoms with Crippen molar-refractivity contribution in [2.45, 2.75) is 6.61 Å². The van der Waals surface area contributed by atoms with E-state index in [0.717, 1.165) is 10.4 Å². The van der Waals surface area contributed by atoms with E-state index < -0.39 is 0 Å². The van der Waals surface area contributed by atoms with Crippen LogP contribution in [0.5, 0.6) is 0 Å². The Hall–Kier alpha value is -1.76. The first-order valence-corrected chi connectivity index (χ1v) is 7.24. The second-order valence-electron chi connectivity index (χ2n) is 4.07. The molecule has 104 valence electrons. The highest BCUT2D eigenvalue weighted by Crippen LogP contribution is 2.11. The van der Waals surface area contributed by atoms with Gasteiger partial charge < -0.3 is 15.8 Å². The number of carbonyl (C=O) groups excluding carboxylic acids is 1. The number of hydrogen-bond donors (Lipinski definition) is 2. The molecule has 2 rings (SSSR count). The van der Waals surface area contributed by atoms with Gasteiger partial charge >= 0.3 is 0 Å². The molecule has 0 aliphatic carbocycles. The van der Waals surface area contributed by atoms with E-state index in [1.54, 1.807) is 35.6 Å². The van der Waals surface area contributed by atoms with Gasteiger partial charge in [-0.15, -0.1) is 11.3 Å². The second kappa shape index (κ2) is 7.14. The number of hydrogen-bond acceptors (Lipinski definition) is 4. The number of anilines is 1. The van der Waals surface area contributed by atoms with Gasteiger partial charge in [-0.05, 0) is 23.6 Å². The van der Waals surface area contributed by atoms with Gasteiger partial charge in [-0.1, -0.05) is 30.4 Å². The maximum Gasteiger partial charge on any atom is 0.250 e. The zero-order valence-electron chi connectivity index (χ0n) is 10.7. The van der Waals surface area contributed by atoms with Gasteiger partial charge in [0, 0.05) is 16.1 Å². The number of thiophene rings is 1. The summed E-state index contributed by atoms with van der Waals surface area (Å²) < 4.78 is 5.34. The lowest BCUT2D eigenvalue weighted by molar-refractivity contribution is -0.120. The summed E-state index contributed by atoms with van der Waals surface area (Å²) in [5.74, 6) is -0.207. The predicted octanol–water partition coefficient (Wildman–Crippen LogP) is 2.54. The highest BCUT2D eigenvalue weighted by atomic mass is 32.1. The van der Waals surface area contributed by atoms with Crippen LogP contribution in [0.15, 0.2) is 41.8 Å². The third kappa shape index (κ3) is 4.41. The number of nitrogens with two attached hydrogens (primary N) is 1. The number of nitrogens with one attached hydrogen (secondary N) is 1. The van der Waals surface area contributed by atoms with Gasteiger partial charge in [-0.25, -0.2) is 0 Å². The number of benzene rings is 1. The van der Waals surface area contributed by atoms with Crippen molar-refractivity contribution in [3.05, 3.63) is 52.2 Å². The van der Waals surface area contributed by atoms with Crippen LogP contribution in [0.25, 0.3) is 0 Å². The fraction of sp³-hybridized carbons (Fsp3) is 0.143. The van der Waals surface area contributed by atoms with E-state index in [4.69, 9.17) is 22.7 Å². The summed E-state index contributed by atoms with van der Waals surface area (Å²) in [4.78, 5) is 13.1. The van der Waals surface area contributed by atoms with Gasteiger partial charge in [-0.3, -0.25) is 4.79 Å². The lowest BCUT2D eigenvalue weighted by atomic mass is 10.2. The van der Waals surface area contributed by atoms with Crippen molar-refractivity contribution in [1.29, 1.82) is 0 Å². The third-order valence-corrected chi connectivity index (χ3v) is 3.57. The number of amides is 1. The van der Waals surface area contributed by atoms with Gasteiger partial charge in [0.25, 0.3) is 0 Å². The molecule has 0 unspecified atom stereocenters. The molecule has 0 atom stereocenters. The number of carbonyl (C=O) groups is 1. The SMILES string of the molecule is NC(=S)c1cccc(NC(=O)COCc2cccs2)c1. The summed E-state index contributed by atoms with van der Waals surface area (Å²) in [5, 5.41) is 4.71. The molecule has 0 aliphatic rings. The Morgan fingerprint density at radius 1 is 1.35 bits per heavy atom. The number of thiocarbonyl (C=S) groups is 1. The molecule has 4 nitrogen and oxygen atoms in total. The largest absolute Gasteiger partial charge is 0.389 e. The summed E-state index contributed by atoms with van der Waals surface area (Å²) >= 11 is 6.49. The molecule has 0 saturated carbocycles. The van der Waals surface area contributed by atoms with E-state index in [9.17, 15) is 4.79 Å². The summed E-state index contributed by atoms with van der Waals surface area (Å²) in [5.41, 5.74) is 6.92. The summed E-state index contributed by atoms with van der Waals surface area (Å²) in [7, 11) is 0. The van der Waals surface area contributed by atoms with Crippen LogP contribution in [0.4, 0.5) is 5.69 Å². The molecule has 0 aliphatic heterocycles. The van der Waals surface area contributed by atoms with E-state index in [-0.39, 0.29) is 12.5 Å². The fourth-order valence-electron chi connectivity index (χ4n) is 1.59. The minimum absolute atomic E-state index is 0.00913. The van der Waals surface area contributed by atoms with Crippen LogP contribution in [0.3, 0.4) is 0 Å². The lowest BCUT2D eigenvalue weighted by Crippen LogP contribution is -2.18. The first-order chi connectivity index (χ1) is 9.65. The average molecular weight is 306 g/mol. The average Bonchev–Trinajstić information content (AvgIpc) is 2.92. The second-order valence-corrected chi connectivity index (χ2v) is 5.54. The smallest absolute Gasteiger partial charge is 0.250 e. The summed E-state index contributed by atoms with van der Waals surface area (Å²) in [6.45, 7) is 0.452. The minimum Gasteiger partial charge on any atom is -0.389 e. The third-order valence-electron chi connectivity index (χ3n) is 2.49. The summed E-state index contributed by atoms with van der Waals surface area (Å²) in [6.07, 6.45) is 0. The Kier molecular flexibility index (Phi) is 5.23. The molecule has 0 spiro atoms. The van der Waals surface area contributed by atoms with Gasteiger partial charge in [0.05, 0.1) is 6.61 Å². The zero-order chi connectivity index (χ0) is 14.4. The van der Waals surface area contributed by atoms with Crippen LogP contribution in [0, 0.1) is 0 Å². The van der Waals surface area contributed by atoms with E-state index in [2.05, 4.69) is 5.32 Å². The molecule has 1 aromatic heterocycles. The van der Waals surface area contributed by atoms with Gasteiger partial charge in [0.1, 0.15) is 11.6 Å². The summed E-state index contributed by atoms with van der Waals surface area (Å²) in [6, 6.07) is 11.0. The monoisotopic (exact) mass is 306 g/mol. The Labute approximate surface area is 126 Å². The molecule has 6 heteroatoms. The molecule has 1 aromatic carbocycles. The van der Waals surface area contributed by atoms with Crippen LogP contribution < -0.4 is 11.1 Å². The van der Waals surface area contributed by atoms with Crippen molar-refractivity contribution in [1.82, 2.24) is 0 Å². The van der Waals surface area contributed by atoms with Crippen molar-refractivity contribution < 1.29 is 9.53 Å². The predicted molar refractivity (Wildman–Crippen MR) is 84.9 cm³/mol. The van der Waals surface area contributed by atoms with Crippen molar-refractivity contribution in [2.75, 3.05) is 11.9 Å². The first kappa shape index (κ1) is 14.6. The molecular weight excluding hydrogens is 292 g/mol. The molecule has 2 aromatic rings. The maximum absolute atomic E-state index is 11.7. The van der Waals surface area contributed by atoms with Gasteiger partial charge in [-0.2, -0.15) is 0 Å². The van der Waals surface area contributed by atoms with Crippen LogP contribution in [-0.4, -0.2) is 17.5 Å². The van der Waals surface area contributed by atoms with Gasteiger partial charge in [0.2, 0.25) is 5.91 Å². The Morgan fingerprint density at radius 2 is 2.20 bits per heavy atom. The topological polar surface area (TPSA) is 64.3 Å². The highest BCUT2D eigenvalue weighted by Gasteiger charge is 2.04. The van der Waals surface area contributed by atoms with Crippen molar-refractivity contribution in [3.63, 3.8) is 0 Å². The van der Waals surface area contributed by atoms with Gasteiger partial charge in [0.15, 0.2) is 0 Å². The molecular formula is C14H14N2O2S2. The molecule has 1 amide bonds. The quantitative estimate of drug-likeness (QED) is 0.805. The Morgan fingerprint density at radius 3 is 2.90 bits per heavy atom. The molecule has 0 fully saturated rings. The molecule has 20 heavy (non-hydrogen) atoms. The van der Waals surface area contributed by atoms with Crippen molar-refractivity contribution in [2.24, 2.45) is 5.73 Å². The van der Waals surface area contributed by atoms with E-state index >= 15 is 0 Å². The first-order valence-electron chi connectivity index (χ1n) is 5.95. The normalized spacial score (nSPS) is 10.2. The number of ether oxygens (including phenoxy) is 1. The molecule has 3 N–H and O–H groups in total. The standard InChI is InChI=1S/C14H14N2O2S2/c15-14(19)10-3-1-4-11(7-10)16-13(17)9-18-8-12-5-2-6-20-12/h1-7H,8-9H2,(H2,15,19)(H,16,17). The van der Waals surface area contributed by atoms with E-state index in [1.807, 2.05) is 17.5 Å². The molecule has 0 radical (unpaired) electrons. The number of rotatable bonds is 6. The minimum atomic E-state index is -0.207. The highest BCUT2D eigenvalue weighted by molar-refractivity contribution is 7.80. The van der Waals surface area contributed by atoms with E-state index in [0.29, 0.717) is 17.3 Å².